The van der Waals surface area contributed by atoms with Gasteiger partial charge in [-0.2, -0.15) is 0 Å². The van der Waals surface area contributed by atoms with E-state index in [2.05, 4.69) is 17.2 Å². The van der Waals surface area contributed by atoms with Crippen molar-refractivity contribution in [1.29, 1.82) is 0 Å². The molecule has 0 amide bonds. The van der Waals surface area contributed by atoms with Gasteiger partial charge in [-0.15, -0.1) is 0 Å². The van der Waals surface area contributed by atoms with E-state index in [9.17, 15) is 4.79 Å². The highest BCUT2D eigenvalue weighted by molar-refractivity contribution is 7.07. The predicted octanol–water partition coefficient (Wildman–Crippen LogP) is 3.72. The molecular formula is C14H17ClN2OS. The van der Waals surface area contributed by atoms with Crippen molar-refractivity contribution in [2.45, 2.75) is 32.4 Å². The molecule has 0 bridgehead atoms. The number of nitrogens with one attached hydrogen (secondary N) is 2. The zero-order valence-electron chi connectivity index (χ0n) is 10.8. The van der Waals surface area contributed by atoms with E-state index < -0.39 is 0 Å². The number of aromatic nitrogens is 1. The van der Waals surface area contributed by atoms with Crippen molar-refractivity contribution in [3.05, 3.63) is 55.6 Å². The van der Waals surface area contributed by atoms with Gasteiger partial charge in [0.05, 0.1) is 0 Å². The van der Waals surface area contributed by atoms with Crippen LogP contribution in [0.5, 0.6) is 0 Å². The molecule has 2 rings (SSSR count). The highest BCUT2D eigenvalue weighted by Gasteiger charge is 2.10. The van der Waals surface area contributed by atoms with E-state index in [1.807, 2.05) is 29.6 Å². The van der Waals surface area contributed by atoms with E-state index in [0.29, 0.717) is 6.54 Å². The maximum Gasteiger partial charge on any atom is 0.304 e. The standard InChI is InChI=1S/C14H17ClN2OS/c1-2-3-13(10-4-6-11(15)7-5-10)16-8-12-9-19-14(18)17-12/h4-7,9,13,16H,2-3,8H2,1H3,(H,17,18). The van der Waals surface area contributed by atoms with E-state index in [1.54, 1.807) is 0 Å². The van der Waals surface area contributed by atoms with Gasteiger partial charge in [-0.25, -0.2) is 0 Å². The first-order chi connectivity index (χ1) is 9.19. The summed E-state index contributed by atoms with van der Waals surface area (Å²) in [5, 5.41) is 6.09. The van der Waals surface area contributed by atoms with Gasteiger partial charge in [0.25, 0.3) is 0 Å². The number of benzene rings is 1. The first-order valence-electron chi connectivity index (χ1n) is 6.34. The van der Waals surface area contributed by atoms with Crippen LogP contribution >= 0.6 is 22.9 Å². The van der Waals surface area contributed by atoms with Crippen LogP contribution in [-0.4, -0.2) is 4.98 Å². The molecule has 19 heavy (non-hydrogen) atoms. The summed E-state index contributed by atoms with van der Waals surface area (Å²) in [4.78, 5) is 13.9. The van der Waals surface area contributed by atoms with Gasteiger partial charge >= 0.3 is 4.87 Å². The average molecular weight is 297 g/mol. The number of hydrogen-bond acceptors (Lipinski definition) is 3. The molecule has 1 heterocycles. The second-order valence-electron chi connectivity index (χ2n) is 4.45. The van der Waals surface area contributed by atoms with Crippen LogP contribution < -0.4 is 10.2 Å². The molecule has 0 saturated heterocycles. The molecule has 0 fully saturated rings. The number of H-pyrrole nitrogens is 1. The van der Waals surface area contributed by atoms with Gasteiger partial charge in [0.15, 0.2) is 0 Å². The minimum atomic E-state index is -0.00432. The molecule has 1 aromatic carbocycles. The number of hydrogen-bond donors (Lipinski definition) is 2. The maximum absolute atomic E-state index is 11.1. The topological polar surface area (TPSA) is 44.9 Å². The van der Waals surface area contributed by atoms with Gasteiger partial charge in [0.1, 0.15) is 0 Å². The Balaban J connectivity index is 2.03. The van der Waals surface area contributed by atoms with Gasteiger partial charge in [0, 0.05) is 28.7 Å². The quantitative estimate of drug-likeness (QED) is 0.853. The summed E-state index contributed by atoms with van der Waals surface area (Å²) < 4.78 is 0. The van der Waals surface area contributed by atoms with Crippen molar-refractivity contribution in [3.63, 3.8) is 0 Å². The van der Waals surface area contributed by atoms with Crippen molar-refractivity contribution in [1.82, 2.24) is 10.3 Å². The molecule has 2 aromatic rings. The fraction of sp³-hybridized carbons (Fsp3) is 0.357. The average Bonchev–Trinajstić information content (AvgIpc) is 2.81. The zero-order chi connectivity index (χ0) is 13.7. The summed E-state index contributed by atoms with van der Waals surface area (Å²) >= 11 is 7.11. The summed E-state index contributed by atoms with van der Waals surface area (Å²) in [6.45, 7) is 2.84. The van der Waals surface area contributed by atoms with Crippen molar-refractivity contribution >= 4 is 22.9 Å². The van der Waals surface area contributed by atoms with E-state index >= 15 is 0 Å². The lowest BCUT2D eigenvalue weighted by Crippen LogP contribution is -2.21. The first kappa shape index (κ1) is 14.3. The second kappa shape index (κ2) is 6.89. The lowest BCUT2D eigenvalue weighted by Gasteiger charge is -2.18. The Hall–Kier alpha value is -1.10. The monoisotopic (exact) mass is 296 g/mol. The van der Waals surface area contributed by atoms with Crippen LogP contribution in [0.3, 0.4) is 0 Å². The molecule has 0 radical (unpaired) electrons. The Morgan fingerprint density at radius 3 is 2.68 bits per heavy atom. The number of thiazole rings is 1. The largest absolute Gasteiger partial charge is 0.315 e. The Kier molecular flexibility index (Phi) is 5.19. The first-order valence-corrected chi connectivity index (χ1v) is 7.60. The highest BCUT2D eigenvalue weighted by Crippen LogP contribution is 2.21. The molecule has 3 nitrogen and oxygen atoms in total. The van der Waals surface area contributed by atoms with Crippen LogP contribution in [0, 0.1) is 0 Å². The van der Waals surface area contributed by atoms with Crippen LogP contribution in [0.2, 0.25) is 5.02 Å². The van der Waals surface area contributed by atoms with E-state index in [0.717, 1.165) is 23.6 Å². The summed E-state index contributed by atoms with van der Waals surface area (Å²) in [6.07, 6.45) is 2.15. The van der Waals surface area contributed by atoms with Crippen LogP contribution in [0.15, 0.2) is 34.4 Å². The lowest BCUT2D eigenvalue weighted by atomic mass is 10.0. The van der Waals surface area contributed by atoms with Crippen molar-refractivity contribution in [3.8, 4) is 0 Å². The zero-order valence-corrected chi connectivity index (χ0v) is 12.4. The number of halogens is 1. The van der Waals surface area contributed by atoms with E-state index in [-0.39, 0.29) is 10.9 Å². The van der Waals surface area contributed by atoms with Crippen LogP contribution in [-0.2, 0) is 6.54 Å². The lowest BCUT2D eigenvalue weighted by molar-refractivity contribution is 0.490. The maximum atomic E-state index is 11.1. The molecule has 2 N–H and O–H groups in total. The molecule has 0 aliphatic carbocycles. The molecular weight excluding hydrogens is 280 g/mol. The van der Waals surface area contributed by atoms with E-state index in [1.165, 1.54) is 16.9 Å². The Bertz CT molecular complexity index is 561. The third kappa shape index (κ3) is 4.20. The molecule has 5 heteroatoms. The Morgan fingerprint density at radius 2 is 2.11 bits per heavy atom. The summed E-state index contributed by atoms with van der Waals surface area (Å²) in [6, 6.07) is 8.20. The molecule has 1 unspecified atom stereocenters. The number of aromatic amines is 1. The van der Waals surface area contributed by atoms with Gasteiger partial charge in [-0.1, -0.05) is 48.4 Å². The molecule has 0 aliphatic heterocycles. The fourth-order valence-electron chi connectivity index (χ4n) is 2.00. The van der Waals surface area contributed by atoms with Gasteiger partial charge in [-0.05, 0) is 24.1 Å². The van der Waals surface area contributed by atoms with Gasteiger partial charge in [-0.3, -0.25) is 4.79 Å². The summed E-state index contributed by atoms with van der Waals surface area (Å²) in [7, 11) is 0. The third-order valence-electron chi connectivity index (χ3n) is 2.96. The van der Waals surface area contributed by atoms with Gasteiger partial charge in [0.2, 0.25) is 0 Å². The second-order valence-corrected chi connectivity index (χ2v) is 5.73. The van der Waals surface area contributed by atoms with Crippen LogP contribution in [0.4, 0.5) is 0 Å². The fourth-order valence-corrected chi connectivity index (χ4v) is 2.71. The predicted molar refractivity (Wildman–Crippen MR) is 80.9 cm³/mol. The van der Waals surface area contributed by atoms with Crippen molar-refractivity contribution < 1.29 is 0 Å². The van der Waals surface area contributed by atoms with Crippen LogP contribution in [0.1, 0.15) is 37.1 Å². The van der Waals surface area contributed by atoms with Crippen molar-refractivity contribution in [2.75, 3.05) is 0 Å². The summed E-state index contributed by atoms with van der Waals surface area (Å²) in [5.74, 6) is 0. The Labute approximate surface area is 121 Å². The molecule has 0 spiro atoms. The normalized spacial score (nSPS) is 12.5. The molecule has 0 aliphatic rings. The molecule has 1 atom stereocenters. The Morgan fingerprint density at radius 1 is 1.37 bits per heavy atom. The SMILES string of the molecule is CCCC(NCc1csc(=O)[nH]1)c1ccc(Cl)cc1. The molecule has 102 valence electrons. The minimum Gasteiger partial charge on any atom is -0.315 e. The highest BCUT2D eigenvalue weighted by atomic mass is 35.5. The van der Waals surface area contributed by atoms with E-state index in [4.69, 9.17) is 11.6 Å². The van der Waals surface area contributed by atoms with Crippen LogP contribution in [0.25, 0.3) is 0 Å². The number of rotatable bonds is 6. The summed E-state index contributed by atoms with van der Waals surface area (Å²) in [5.41, 5.74) is 2.16. The van der Waals surface area contributed by atoms with Crippen molar-refractivity contribution in [2.24, 2.45) is 0 Å². The molecule has 1 aromatic heterocycles. The minimum absolute atomic E-state index is 0.00432. The third-order valence-corrected chi connectivity index (χ3v) is 3.93. The molecule has 0 saturated carbocycles. The smallest absolute Gasteiger partial charge is 0.304 e. The van der Waals surface area contributed by atoms with Gasteiger partial charge < -0.3 is 10.3 Å².